The maximum atomic E-state index is 10.5. The van der Waals surface area contributed by atoms with Crippen LogP contribution < -0.4 is 0 Å². The molecule has 0 aromatic carbocycles. The van der Waals surface area contributed by atoms with Crippen LogP contribution >= 0.6 is 12.6 Å². The minimum Gasteiger partial charge on any atom is -0.327 e. The van der Waals surface area contributed by atoms with E-state index in [0.29, 0.717) is 6.42 Å². The van der Waals surface area contributed by atoms with Crippen LogP contribution in [0.3, 0.4) is 0 Å². The van der Waals surface area contributed by atoms with Gasteiger partial charge in [-0.15, -0.1) is 12.6 Å². The van der Waals surface area contributed by atoms with Gasteiger partial charge in [0.25, 0.3) is 0 Å². The Bertz CT molecular complexity index is 156. The Balaban J connectivity index is 3.58. The molecule has 0 saturated heterocycles. The molecule has 0 bridgehead atoms. The third-order valence-corrected chi connectivity index (χ3v) is 4.77. The summed E-state index contributed by atoms with van der Waals surface area (Å²) in [5, 5.41) is -0.000948. The van der Waals surface area contributed by atoms with E-state index < -0.39 is 8.24 Å². The summed E-state index contributed by atoms with van der Waals surface area (Å²) in [4.78, 5) is 10.5. The molecule has 72 valence electrons. The van der Waals surface area contributed by atoms with E-state index in [1.54, 1.807) is 0 Å². The molecule has 0 aliphatic rings. The molecule has 0 aromatic heterocycles. The first kappa shape index (κ1) is 12.2. The van der Waals surface area contributed by atoms with Crippen molar-refractivity contribution in [1.82, 2.24) is 4.57 Å². The van der Waals surface area contributed by atoms with Crippen LogP contribution in [-0.2, 0) is 4.79 Å². The third-order valence-electron chi connectivity index (χ3n) is 2.03. The van der Waals surface area contributed by atoms with E-state index in [1.165, 1.54) is 0 Å². The number of nitrogens with zero attached hydrogens (tertiary/aromatic N) is 1. The van der Waals surface area contributed by atoms with Crippen molar-refractivity contribution in [3.05, 3.63) is 0 Å². The highest BCUT2D eigenvalue weighted by Crippen LogP contribution is 2.07. The van der Waals surface area contributed by atoms with Crippen LogP contribution in [0.4, 0.5) is 0 Å². The first-order valence-electron chi connectivity index (χ1n) is 4.27. The van der Waals surface area contributed by atoms with Gasteiger partial charge in [-0.25, -0.2) is 0 Å². The summed E-state index contributed by atoms with van der Waals surface area (Å²) in [6.07, 6.45) is 1.53. The molecular formula is C8H19NOSSi. The van der Waals surface area contributed by atoms with Gasteiger partial charge in [0.2, 0.25) is 0 Å². The van der Waals surface area contributed by atoms with Gasteiger partial charge in [-0.3, -0.25) is 4.79 Å². The fourth-order valence-corrected chi connectivity index (χ4v) is 1.79. The molecule has 0 fully saturated rings. The van der Waals surface area contributed by atoms with Crippen molar-refractivity contribution in [2.24, 2.45) is 0 Å². The Kier molecular flexibility index (Phi) is 5.12. The average Bonchev–Trinajstić information content (AvgIpc) is 1.84. The van der Waals surface area contributed by atoms with E-state index in [9.17, 15) is 4.79 Å². The molecule has 0 aliphatic carbocycles. The lowest BCUT2D eigenvalue weighted by atomic mass is 10.3. The van der Waals surface area contributed by atoms with Gasteiger partial charge < -0.3 is 4.57 Å². The Hall–Kier alpha value is 0.197. The zero-order valence-electron chi connectivity index (χ0n) is 8.42. The van der Waals surface area contributed by atoms with Crippen LogP contribution in [0.1, 0.15) is 12.8 Å². The lowest BCUT2D eigenvalue weighted by Gasteiger charge is -2.29. The third kappa shape index (κ3) is 5.80. The minimum atomic E-state index is -1.14. The van der Waals surface area contributed by atoms with Crippen molar-refractivity contribution < 1.29 is 4.79 Å². The standard InChI is InChI=1S/C8H19NOSSi/c1-9(12(2,3)4)7-5-6-8(10)11/h5-7H2,1-4H3,(H,10,11). The molecule has 0 aliphatic heterocycles. The summed E-state index contributed by atoms with van der Waals surface area (Å²) in [6, 6.07) is 0. The van der Waals surface area contributed by atoms with E-state index in [1.807, 2.05) is 0 Å². The van der Waals surface area contributed by atoms with Gasteiger partial charge in [-0.1, -0.05) is 19.6 Å². The van der Waals surface area contributed by atoms with Gasteiger partial charge in [0, 0.05) is 6.42 Å². The molecule has 2 nitrogen and oxygen atoms in total. The van der Waals surface area contributed by atoms with Crippen molar-refractivity contribution in [3.63, 3.8) is 0 Å². The summed E-state index contributed by atoms with van der Waals surface area (Å²) < 4.78 is 2.38. The lowest BCUT2D eigenvalue weighted by Crippen LogP contribution is -2.43. The zero-order valence-corrected chi connectivity index (χ0v) is 10.3. The second kappa shape index (κ2) is 5.04. The van der Waals surface area contributed by atoms with Crippen LogP contribution in [-0.4, -0.2) is 31.5 Å². The monoisotopic (exact) mass is 205 g/mol. The van der Waals surface area contributed by atoms with Crippen molar-refractivity contribution in [2.45, 2.75) is 32.5 Å². The molecule has 0 rings (SSSR count). The molecule has 0 amide bonds. The minimum absolute atomic E-state index is 0.000948. The second-order valence-electron chi connectivity index (χ2n) is 4.09. The van der Waals surface area contributed by atoms with E-state index in [4.69, 9.17) is 0 Å². The first-order valence-corrected chi connectivity index (χ1v) is 8.16. The molecule has 0 aromatic rings. The quantitative estimate of drug-likeness (QED) is 0.547. The molecule has 0 spiro atoms. The summed E-state index contributed by atoms with van der Waals surface area (Å²) >= 11 is 3.73. The Morgan fingerprint density at radius 1 is 1.42 bits per heavy atom. The van der Waals surface area contributed by atoms with E-state index >= 15 is 0 Å². The van der Waals surface area contributed by atoms with E-state index in [0.717, 1.165) is 13.0 Å². The van der Waals surface area contributed by atoms with Crippen molar-refractivity contribution in [3.8, 4) is 0 Å². The van der Waals surface area contributed by atoms with Gasteiger partial charge >= 0.3 is 0 Å². The van der Waals surface area contributed by atoms with Gasteiger partial charge in [0.1, 0.15) is 8.24 Å². The molecule has 12 heavy (non-hydrogen) atoms. The molecule has 0 unspecified atom stereocenters. The summed E-state index contributed by atoms with van der Waals surface area (Å²) in [5.41, 5.74) is 0. The number of rotatable bonds is 5. The maximum Gasteiger partial charge on any atom is 0.185 e. The molecule has 0 radical (unpaired) electrons. The highest BCUT2D eigenvalue weighted by atomic mass is 32.1. The number of thiol groups is 1. The Morgan fingerprint density at radius 2 is 1.92 bits per heavy atom. The fourth-order valence-electron chi connectivity index (χ4n) is 0.803. The van der Waals surface area contributed by atoms with Gasteiger partial charge in [0.05, 0.1) is 0 Å². The van der Waals surface area contributed by atoms with Crippen LogP contribution in [0.2, 0.25) is 19.6 Å². The second-order valence-corrected chi connectivity index (χ2v) is 9.69. The Labute approximate surface area is 81.8 Å². The molecule has 0 atom stereocenters. The predicted octanol–water partition coefficient (Wildman–Crippen LogP) is 1.99. The van der Waals surface area contributed by atoms with E-state index in [2.05, 4.69) is 43.9 Å². The molecule has 0 heterocycles. The van der Waals surface area contributed by atoms with Gasteiger partial charge in [-0.05, 0) is 20.0 Å². The first-order chi connectivity index (χ1) is 5.34. The number of carbonyl (C=O) groups is 1. The van der Waals surface area contributed by atoms with Crippen LogP contribution in [0, 0.1) is 0 Å². The summed E-state index contributed by atoms with van der Waals surface area (Å²) in [6.45, 7) is 7.92. The predicted molar refractivity (Wildman–Crippen MR) is 59.2 cm³/mol. The normalized spacial score (nSPS) is 12.2. The number of hydrogen-bond donors (Lipinski definition) is 1. The van der Waals surface area contributed by atoms with Crippen LogP contribution in [0.5, 0.6) is 0 Å². The molecule has 0 N–H and O–H groups in total. The average molecular weight is 205 g/mol. The van der Waals surface area contributed by atoms with E-state index in [-0.39, 0.29) is 5.12 Å². The van der Waals surface area contributed by atoms with Crippen molar-refractivity contribution in [1.29, 1.82) is 0 Å². The largest absolute Gasteiger partial charge is 0.327 e. The van der Waals surface area contributed by atoms with Crippen molar-refractivity contribution in [2.75, 3.05) is 13.6 Å². The Morgan fingerprint density at radius 3 is 2.25 bits per heavy atom. The van der Waals surface area contributed by atoms with Gasteiger partial charge in [0.15, 0.2) is 5.12 Å². The van der Waals surface area contributed by atoms with Gasteiger partial charge in [-0.2, -0.15) is 0 Å². The highest BCUT2D eigenvalue weighted by molar-refractivity contribution is 7.96. The maximum absolute atomic E-state index is 10.5. The fraction of sp³-hybridized carbons (Fsp3) is 0.875. The van der Waals surface area contributed by atoms with Crippen LogP contribution in [0.15, 0.2) is 0 Å². The number of carbonyl (C=O) groups excluding carboxylic acids is 1. The smallest absolute Gasteiger partial charge is 0.185 e. The van der Waals surface area contributed by atoms with Crippen molar-refractivity contribution >= 4 is 26.0 Å². The lowest BCUT2D eigenvalue weighted by molar-refractivity contribution is -0.110. The number of hydrogen-bond acceptors (Lipinski definition) is 2. The molecular weight excluding hydrogens is 186 g/mol. The van der Waals surface area contributed by atoms with Crippen LogP contribution in [0.25, 0.3) is 0 Å². The zero-order chi connectivity index (χ0) is 9.78. The summed E-state index contributed by atoms with van der Waals surface area (Å²) in [5.74, 6) is 0. The highest BCUT2D eigenvalue weighted by Gasteiger charge is 2.18. The SMILES string of the molecule is CN(CCCC(=O)S)[Si](C)(C)C. The molecule has 4 heteroatoms. The topological polar surface area (TPSA) is 20.3 Å². The summed E-state index contributed by atoms with van der Waals surface area (Å²) in [7, 11) is 0.999. The molecule has 0 saturated carbocycles.